The Kier molecular flexibility index (Phi) is 5.85. The van der Waals surface area contributed by atoms with Crippen LogP contribution in [0.5, 0.6) is 11.5 Å². The van der Waals surface area contributed by atoms with Crippen LogP contribution in [-0.2, 0) is 11.2 Å². The lowest BCUT2D eigenvalue weighted by atomic mass is 9.94. The lowest BCUT2D eigenvalue weighted by Gasteiger charge is -2.28. The fourth-order valence-corrected chi connectivity index (χ4v) is 2.55. The number of hydrogen-bond donors (Lipinski definition) is 1. The molecule has 0 aliphatic heterocycles. The summed E-state index contributed by atoms with van der Waals surface area (Å²) in [4.78, 5) is 12.5. The van der Waals surface area contributed by atoms with Crippen LogP contribution in [0.1, 0.15) is 26.3 Å². The van der Waals surface area contributed by atoms with Gasteiger partial charge in [0.15, 0.2) is 17.6 Å². The van der Waals surface area contributed by atoms with Crippen molar-refractivity contribution in [1.82, 2.24) is 5.32 Å². The molecule has 1 amide bonds. The molecular formula is C20H25NO3. The van der Waals surface area contributed by atoms with Gasteiger partial charge in [0.05, 0.1) is 7.11 Å². The fourth-order valence-electron chi connectivity index (χ4n) is 2.55. The van der Waals surface area contributed by atoms with Crippen molar-refractivity contribution in [2.75, 3.05) is 7.11 Å². The van der Waals surface area contributed by atoms with Gasteiger partial charge in [-0.3, -0.25) is 4.79 Å². The lowest BCUT2D eigenvalue weighted by molar-refractivity contribution is -0.128. The van der Waals surface area contributed by atoms with E-state index in [0.29, 0.717) is 11.5 Å². The molecule has 1 unspecified atom stereocenters. The summed E-state index contributed by atoms with van der Waals surface area (Å²) in [7, 11) is 1.58. The van der Waals surface area contributed by atoms with Gasteiger partial charge in [-0.25, -0.2) is 0 Å². The van der Waals surface area contributed by atoms with Gasteiger partial charge in [0.25, 0.3) is 5.91 Å². The van der Waals surface area contributed by atoms with Crippen LogP contribution >= 0.6 is 0 Å². The first-order valence-electron chi connectivity index (χ1n) is 8.07. The molecule has 0 heterocycles. The molecule has 0 fully saturated rings. The van der Waals surface area contributed by atoms with E-state index < -0.39 is 6.10 Å². The van der Waals surface area contributed by atoms with E-state index in [0.717, 1.165) is 6.42 Å². The predicted octanol–water partition coefficient (Wildman–Crippen LogP) is 3.60. The molecule has 0 aromatic heterocycles. The van der Waals surface area contributed by atoms with E-state index in [1.165, 1.54) is 5.56 Å². The van der Waals surface area contributed by atoms with Crippen LogP contribution in [0, 0.1) is 0 Å². The number of methoxy groups -OCH3 is 1. The van der Waals surface area contributed by atoms with E-state index in [2.05, 4.69) is 17.4 Å². The minimum absolute atomic E-state index is 0.151. The predicted molar refractivity (Wildman–Crippen MR) is 95.5 cm³/mol. The highest BCUT2D eigenvalue weighted by Gasteiger charge is 2.25. The van der Waals surface area contributed by atoms with Crippen LogP contribution < -0.4 is 14.8 Å². The molecule has 0 spiro atoms. The zero-order valence-corrected chi connectivity index (χ0v) is 14.7. The quantitative estimate of drug-likeness (QED) is 0.845. The summed E-state index contributed by atoms with van der Waals surface area (Å²) in [5.74, 6) is 1.02. The third kappa shape index (κ3) is 5.01. The maximum atomic E-state index is 12.5. The second-order valence-corrected chi connectivity index (χ2v) is 6.45. The minimum Gasteiger partial charge on any atom is -0.493 e. The smallest absolute Gasteiger partial charge is 0.261 e. The van der Waals surface area contributed by atoms with Gasteiger partial charge in [0, 0.05) is 5.54 Å². The molecule has 0 radical (unpaired) electrons. The summed E-state index contributed by atoms with van der Waals surface area (Å²) in [5, 5.41) is 3.06. The van der Waals surface area contributed by atoms with Gasteiger partial charge in [0.2, 0.25) is 0 Å². The molecule has 0 bridgehead atoms. The maximum absolute atomic E-state index is 12.5. The van der Waals surface area contributed by atoms with E-state index in [4.69, 9.17) is 9.47 Å². The molecule has 1 atom stereocenters. The normalized spacial score (nSPS) is 12.3. The standard InChI is InChI=1S/C20H25NO3/c1-15(24-18-13-9-8-12-17(18)23-4)19(22)21-20(2,3)14-16-10-6-5-7-11-16/h5-13,15H,14H2,1-4H3,(H,21,22). The maximum Gasteiger partial charge on any atom is 0.261 e. The van der Waals surface area contributed by atoms with Crippen LogP contribution in [-0.4, -0.2) is 24.7 Å². The van der Waals surface area contributed by atoms with Crippen LogP contribution in [0.25, 0.3) is 0 Å². The van der Waals surface area contributed by atoms with E-state index in [1.54, 1.807) is 26.2 Å². The number of carbonyl (C=O) groups excluding carboxylic acids is 1. The first-order chi connectivity index (χ1) is 11.4. The first kappa shape index (κ1) is 17.9. The summed E-state index contributed by atoms with van der Waals surface area (Å²) in [6.07, 6.45) is 0.136. The van der Waals surface area contributed by atoms with E-state index in [9.17, 15) is 4.79 Å². The highest BCUT2D eigenvalue weighted by Crippen LogP contribution is 2.27. The van der Waals surface area contributed by atoms with Gasteiger partial charge in [-0.05, 0) is 44.9 Å². The van der Waals surface area contributed by atoms with Gasteiger partial charge in [-0.1, -0.05) is 42.5 Å². The van der Waals surface area contributed by atoms with Gasteiger partial charge in [-0.2, -0.15) is 0 Å². The Balaban J connectivity index is 1.97. The third-order valence-electron chi connectivity index (χ3n) is 3.69. The van der Waals surface area contributed by atoms with Crippen LogP contribution in [0.15, 0.2) is 54.6 Å². The van der Waals surface area contributed by atoms with Gasteiger partial charge in [0.1, 0.15) is 0 Å². The summed E-state index contributed by atoms with van der Waals surface area (Å²) in [6, 6.07) is 17.4. The molecule has 4 heteroatoms. The van der Waals surface area contributed by atoms with Crippen molar-refractivity contribution in [2.45, 2.75) is 38.8 Å². The zero-order chi connectivity index (χ0) is 17.6. The van der Waals surface area contributed by atoms with Crippen molar-refractivity contribution >= 4 is 5.91 Å². The fraction of sp³-hybridized carbons (Fsp3) is 0.350. The van der Waals surface area contributed by atoms with Crippen LogP contribution in [0.3, 0.4) is 0 Å². The Morgan fingerprint density at radius 2 is 1.62 bits per heavy atom. The average Bonchev–Trinajstić information content (AvgIpc) is 2.55. The molecule has 2 aromatic carbocycles. The number of carbonyl (C=O) groups is 1. The molecule has 0 aliphatic carbocycles. The second kappa shape index (κ2) is 7.86. The van der Waals surface area contributed by atoms with Crippen molar-refractivity contribution in [2.24, 2.45) is 0 Å². The highest BCUT2D eigenvalue weighted by molar-refractivity contribution is 5.81. The molecule has 2 aromatic rings. The van der Waals surface area contributed by atoms with Gasteiger partial charge < -0.3 is 14.8 Å². The van der Waals surface area contributed by atoms with E-state index in [1.807, 2.05) is 44.2 Å². The summed E-state index contributed by atoms with van der Waals surface area (Å²) < 4.78 is 11.0. The molecule has 4 nitrogen and oxygen atoms in total. The largest absolute Gasteiger partial charge is 0.493 e. The molecule has 1 N–H and O–H groups in total. The van der Waals surface area contributed by atoms with Crippen LogP contribution in [0.4, 0.5) is 0 Å². The van der Waals surface area contributed by atoms with Gasteiger partial charge in [-0.15, -0.1) is 0 Å². The number of nitrogens with one attached hydrogen (secondary N) is 1. The highest BCUT2D eigenvalue weighted by atomic mass is 16.5. The number of benzene rings is 2. The molecule has 24 heavy (non-hydrogen) atoms. The second-order valence-electron chi connectivity index (χ2n) is 6.45. The number of hydrogen-bond acceptors (Lipinski definition) is 3. The summed E-state index contributed by atoms with van der Waals surface area (Å²) in [5.41, 5.74) is 0.817. The van der Waals surface area contributed by atoms with Crippen molar-refractivity contribution < 1.29 is 14.3 Å². The number of rotatable bonds is 7. The molecule has 0 saturated heterocycles. The van der Waals surface area contributed by atoms with Crippen molar-refractivity contribution in [3.8, 4) is 11.5 Å². The Morgan fingerprint density at radius 3 is 2.25 bits per heavy atom. The zero-order valence-electron chi connectivity index (χ0n) is 14.7. The van der Waals surface area contributed by atoms with Crippen molar-refractivity contribution in [3.05, 3.63) is 60.2 Å². The number of para-hydroxylation sites is 2. The van der Waals surface area contributed by atoms with E-state index >= 15 is 0 Å². The van der Waals surface area contributed by atoms with Crippen molar-refractivity contribution in [3.63, 3.8) is 0 Å². The Bertz CT molecular complexity index is 668. The number of ether oxygens (including phenoxy) is 2. The Morgan fingerprint density at radius 1 is 1.04 bits per heavy atom. The number of amides is 1. The molecule has 0 aliphatic rings. The average molecular weight is 327 g/mol. The van der Waals surface area contributed by atoms with Crippen molar-refractivity contribution in [1.29, 1.82) is 0 Å². The minimum atomic E-state index is -0.614. The van der Waals surface area contributed by atoms with Crippen LogP contribution in [0.2, 0.25) is 0 Å². The van der Waals surface area contributed by atoms with Gasteiger partial charge >= 0.3 is 0 Å². The summed E-state index contributed by atoms with van der Waals surface area (Å²) >= 11 is 0. The Hall–Kier alpha value is -2.49. The first-order valence-corrected chi connectivity index (χ1v) is 8.07. The molecular weight excluding hydrogens is 302 g/mol. The molecule has 0 saturated carbocycles. The molecule has 2 rings (SSSR count). The SMILES string of the molecule is COc1ccccc1OC(C)C(=O)NC(C)(C)Cc1ccccc1. The van der Waals surface area contributed by atoms with E-state index in [-0.39, 0.29) is 11.4 Å². The third-order valence-corrected chi connectivity index (χ3v) is 3.69. The lowest BCUT2D eigenvalue weighted by Crippen LogP contribution is -2.49. The Labute approximate surface area is 143 Å². The topological polar surface area (TPSA) is 47.6 Å². The monoisotopic (exact) mass is 327 g/mol. The summed E-state index contributed by atoms with van der Waals surface area (Å²) in [6.45, 7) is 5.75. The molecule has 128 valence electrons.